The van der Waals surface area contributed by atoms with Crippen LogP contribution in [0.2, 0.25) is 0 Å². The summed E-state index contributed by atoms with van der Waals surface area (Å²) in [6, 6.07) is 6.59. The highest BCUT2D eigenvalue weighted by atomic mass is 32.2. The maximum absolute atomic E-state index is 12.3. The molecule has 0 bridgehead atoms. The number of aromatic nitrogens is 2. The Morgan fingerprint density at radius 3 is 2.71 bits per heavy atom. The van der Waals surface area contributed by atoms with Crippen molar-refractivity contribution in [2.45, 2.75) is 18.9 Å². The maximum atomic E-state index is 12.3. The van der Waals surface area contributed by atoms with Crippen molar-refractivity contribution in [3.8, 4) is 0 Å². The van der Waals surface area contributed by atoms with Gasteiger partial charge in [0, 0.05) is 24.5 Å². The van der Waals surface area contributed by atoms with E-state index in [1.165, 1.54) is 6.20 Å². The highest BCUT2D eigenvalue weighted by molar-refractivity contribution is 7.92. The largest absolute Gasteiger partial charge is 0.411 e. The summed E-state index contributed by atoms with van der Waals surface area (Å²) in [4.78, 5) is 4.00. The van der Waals surface area contributed by atoms with E-state index in [-0.39, 0.29) is 5.03 Å². The average molecular weight is 308 g/mol. The first-order valence-corrected chi connectivity index (χ1v) is 7.63. The van der Waals surface area contributed by atoms with Crippen molar-refractivity contribution >= 4 is 21.4 Å². The van der Waals surface area contributed by atoms with Crippen LogP contribution in [-0.4, -0.2) is 28.9 Å². The number of hydrogen-bond acceptors (Lipinski definition) is 5. The molecule has 2 rings (SSSR count). The predicted molar refractivity (Wildman–Crippen MR) is 79.2 cm³/mol. The zero-order chi connectivity index (χ0) is 15.6. The number of sulfonamides is 1. The number of anilines is 1. The molecule has 2 aromatic rings. The molecule has 21 heavy (non-hydrogen) atoms. The van der Waals surface area contributed by atoms with Crippen LogP contribution in [0.15, 0.2) is 40.6 Å². The third-order valence-electron chi connectivity index (χ3n) is 3.04. The summed E-state index contributed by atoms with van der Waals surface area (Å²) < 4.78 is 28.6. The van der Waals surface area contributed by atoms with Crippen LogP contribution in [-0.2, 0) is 17.1 Å². The Hall–Kier alpha value is -2.35. The molecule has 0 atom stereocenters. The normalized spacial score (nSPS) is 12.4. The summed E-state index contributed by atoms with van der Waals surface area (Å²) in [5.41, 5.74) is 1.39. The van der Waals surface area contributed by atoms with E-state index in [0.717, 1.165) is 0 Å². The third kappa shape index (κ3) is 3.22. The fourth-order valence-corrected chi connectivity index (χ4v) is 2.82. The molecule has 2 N–H and O–H groups in total. The molecule has 0 amide bonds. The number of rotatable bonds is 4. The average Bonchev–Trinajstić information content (AvgIpc) is 2.78. The van der Waals surface area contributed by atoms with Crippen molar-refractivity contribution in [1.29, 1.82) is 0 Å². The van der Waals surface area contributed by atoms with Crippen molar-refractivity contribution in [3.63, 3.8) is 0 Å². The summed E-state index contributed by atoms with van der Waals surface area (Å²) in [5, 5.41) is 11.8. The molecule has 112 valence electrons. The van der Waals surface area contributed by atoms with Gasteiger partial charge in [0.15, 0.2) is 5.03 Å². The van der Waals surface area contributed by atoms with Gasteiger partial charge in [-0.15, -0.1) is 0 Å². The fourth-order valence-electron chi connectivity index (χ4n) is 1.73. The first kappa shape index (κ1) is 15.0. The smallest absolute Gasteiger partial charge is 0.280 e. The third-order valence-corrected chi connectivity index (χ3v) is 4.30. The molecule has 1 aromatic carbocycles. The topological polar surface area (TPSA) is 96.6 Å². The minimum Gasteiger partial charge on any atom is -0.411 e. The summed E-state index contributed by atoms with van der Waals surface area (Å²) in [7, 11) is -2.02. The molecule has 8 heteroatoms. The van der Waals surface area contributed by atoms with Gasteiger partial charge in [-0.25, -0.2) is 4.98 Å². The van der Waals surface area contributed by atoms with E-state index in [9.17, 15) is 8.42 Å². The van der Waals surface area contributed by atoms with Crippen LogP contribution in [0.5, 0.6) is 0 Å². The van der Waals surface area contributed by atoms with E-state index < -0.39 is 10.0 Å². The lowest BCUT2D eigenvalue weighted by molar-refractivity contribution is 0.319. The van der Waals surface area contributed by atoms with E-state index in [2.05, 4.69) is 14.9 Å². The van der Waals surface area contributed by atoms with Crippen molar-refractivity contribution in [3.05, 3.63) is 41.9 Å². The number of hydrogen-bond donors (Lipinski definition) is 2. The Labute approximate surface area is 123 Å². The zero-order valence-electron chi connectivity index (χ0n) is 11.9. The van der Waals surface area contributed by atoms with Gasteiger partial charge < -0.3 is 9.77 Å². The summed E-state index contributed by atoms with van der Waals surface area (Å²) in [5.74, 6) is 0.604. The predicted octanol–water partition coefficient (Wildman–Crippen LogP) is 1.73. The lowest BCUT2D eigenvalue weighted by Crippen LogP contribution is -2.13. The summed E-state index contributed by atoms with van der Waals surface area (Å²) in [6.07, 6.45) is 1.45. The number of imidazole rings is 1. The van der Waals surface area contributed by atoms with Gasteiger partial charge in [-0.1, -0.05) is 17.3 Å². The summed E-state index contributed by atoms with van der Waals surface area (Å²) in [6.45, 7) is 3.34. The minimum atomic E-state index is -3.75. The van der Waals surface area contributed by atoms with Crippen molar-refractivity contribution in [2.24, 2.45) is 12.2 Å². The number of nitrogens with one attached hydrogen (secondary N) is 1. The first-order valence-electron chi connectivity index (χ1n) is 6.15. The molecule has 0 aliphatic heterocycles. The van der Waals surface area contributed by atoms with Crippen LogP contribution in [0.4, 0.5) is 5.69 Å². The van der Waals surface area contributed by atoms with Crippen LogP contribution in [0.25, 0.3) is 0 Å². The second-order valence-electron chi connectivity index (χ2n) is 4.61. The Kier molecular flexibility index (Phi) is 3.99. The Bertz CT molecular complexity index is 774. The number of oxime groups is 1. The standard InChI is InChI=1S/C13H16N4O3S/c1-9(15-18)11-5-4-6-12(7-11)16-21(19,20)13-8-17(3)10(2)14-13/h4-8,16,18H,1-3H3. The number of benzene rings is 1. The quantitative estimate of drug-likeness (QED) is 0.510. The second kappa shape index (κ2) is 5.57. The van der Waals surface area contributed by atoms with Gasteiger partial charge in [-0.2, -0.15) is 8.42 Å². The molecule has 0 aliphatic rings. The molecule has 0 saturated heterocycles. The number of nitrogens with zero attached hydrogens (tertiary/aromatic N) is 3. The second-order valence-corrected chi connectivity index (χ2v) is 6.24. The van der Waals surface area contributed by atoms with Crippen LogP contribution in [0, 0.1) is 6.92 Å². The maximum Gasteiger partial charge on any atom is 0.280 e. The van der Waals surface area contributed by atoms with Gasteiger partial charge >= 0.3 is 0 Å². The van der Waals surface area contributed by atoms with Crippen molar-refractivity contribution in [1.82, 2.24) is 9.55 Å². The summed E-state index contributed by atoms with van der Waals surface area (Å²) >= 11 is 0. The molecule has 0 aliphatic carbocycles. The molecule has 0 saturated carbocycles. The fraction of sp³-hybridized carbons (Fsp3) is 0.231. The lowest BCUT2D eigenvalue weighted by atomic mass is 10.1. The van der Waals surface area contributed by atoms with Crippen LogP contribution >= 0.6 is 0 Å². The zero-order valence-corrected chi connectivity index (χ0v) is 12.7. The van der Waals surface area contributed by atoms with E-state index in [0.29, 0.717) is 22.8 Å². The Morgan fingerprint density at radius 1 is 1.43 bits per heavy atom. The molecule has 0 spiro atoms. The van der Waals surface area contributed by atoms with Crippen molar-refractivity contribution < 1.29 is 13.6 Å². The van der Waals surface area contributed by atoms with Gasteiger partial charge in [0.2, 0.25) is 0 Å². The van der Waals surface area contributed by atoms with Crippen molar-refractivity contribution in [2.75, 3.05) is 4.72 Å². The highest BCUT2D eigenvalue weighted by Crippen LogP contribution is 2.17. The van der Waals surface area contributed by atoms with Gasteiger partial charge in [-0.3, -0.25) is 4.72 Å². The van der Waals surface area contributed by atoms with Crippen LogP contribution in [0.3, 0.4) is 0 Å². The Morgan fingerprint density at radius 2 is 2.14 bits per heavy atom. The highest BCUT2D eigenvalue weighted by Gasteiger charge is 2.18. The molecular weight excluding hydrogens is 292 g/mol. The molecule has 1 heterocycles. The van der Waals surface area contributed by atoms with E-state index in [4.69, 9.17) is 5.21 Å². The Balaban J connectivity index is 2.33. The van der Waals surface area contributed by atoms with Crippen LogP contribution in [0.1, 0.15) is 18.3 Å². The van der Waals surface area contributed by atoms with Gasteiger partial charge in [0.25, 0.3) is 10.0 Å². The first-order chi connectivity index (χ1) is 9.83. The molecule has 7 nitrogen and oxygen atoms in total. The van der Waals surface area contributed by atoms with Crippen LogP contribution < -0.4 is 4.72 Å². The molecular formula is C13H16N4O3S. The van der Waals surface area contributed by atoms with E-state index in [1.807, 2.05) is 0 Å². The number of aryl methyl sites for hydroxylation is 2. The lowest BCUT2D eigenvalue weighted by Gasteiger charge is -2.07. The monoisotopic (exact) mass is 308 g/mol. The molecule has 1 aromatic heterocycles. The molecule has 0 fully saturated rings. The SMILES string of the molecule is CC(=NO)c1cccc(NS(=O)(=O)c2cn(C)c(C)n2)c1. The molecule has 0 unspecified atom stereocenters. The molecule has 0 radical (unpaired) electrons. The van der Waals surface area contributed by atoms with Gasteiger partial charge in [0.05, 0.1) is 5.71 Å². The van der Waals surface area contributed by atoms with E-state index in [1.54, 1.807) is 49.7 Å². The van der Waals surface area contributed by atoms with Gasteiger partial charge in [0.1, 0.15) is 5.82 Å². The van der Waals surface area contributed by atoms with E-state index >= 15 is 0 Å². The van der Waals surface area contributed by atoms with Gasteiger partial charge in [-0.05, 0) is 26.0 Å². The minimum absolute atomic E-state index is 0.0412.